The summed E-state index contributed by atoms with van der Waals surface area (Å²) in [6.45, 7) is 3.35. The number of esters is 1. The zero-order valence-electron chi connectivity index (χ0n) is 32.0. The average molecular weight is 903 g/mol. The van der Waals surface area contributed by atoms with E-state index < -0.39 is 11.9 Å². The third-order valence-corrected chi connectivity index (χ3v) is 12.2. The molecular weight excluding hydrogens is 865 g/mol. The van der Waals surface area contributed by atoms with E-state index in [9.17, 15) is 24.2 Å². The Labute approximate surface area is 355 Å². The van der Waals surface area contributed by atoms with E-state index >= 15 is 0 Å². The standard InChI is InChI=1S/C43H38BrClFN5O7S/c1-24-38-35(11-10-33(45)39(38)40-34(20-52)48-51-13-15-56-22-36(40)51)50(41(24)42(53)54)12-3-14-57-37-19-31(17-26-16-28(46)8-9-32(26)37)59-23-30-18-29(47-49(30)2)21-58-43(55)25-4-6-27(44)7-5-25/h4-11,16-19,52H,3,12-15,20-23H2,1-2H3,(H,53,54). The van der Waals surface area contributed by atoms with Gasteiger partial charge < -0.3 is 29.0 Å². The number of rotatable bonds is 14. The van der Waals surface area contributed by atoms with Gasteiger partial charge in [0.15, 0.2) is 0 Å². The lowest BCUT2D eigenvalue weighted by Crippen LogP contribution is -2.17. The number of hydrogen-bond donors (Lipinski definition) is 2. The van der Waals surface area contributed by atoms with Crippen LogP contribution in [0.4, 0.5) is 4.39 Å². The highest BCUT2D eigenvalue weighted by atomic mass is 79.9. The molecule has 3 aromatic heterocycles. The Morgan fingerprint density at radius 1 is 1.05 bits per heavy atom. The van der Waals surface area contributed by atoms with Gasteiger partial charge in [-0.1, -0.05) is 27.5 Å². The summed E-state index contributed by atoms with van der Waals surface area (Å²) in [4.78, 5) is 26.2. The van der Waals surface area contributed by atoms with Gasteiger partial charge in [0, 0.05) is 66.8 Å². The van der Waals surface area contributed by atoms with Crippen LogP contribution in [0.25, 0.3) is 32.8 Å². The van der Waals surface area contributed by atoms with E-state index in [0.29, 0.717) is 92.6 Å². The van der Waals surface area contributed by atoms with E-state index in [-0.39, 0.29) is 37.9 Å². The first-order valence-corrected chi connectivity index (χ1v) is 20.9. The summed E-state index contributed by atoms with van der Waals surface area (Å²) in [6.07, 6.45) is 0.449. The highest BCUT2D eigenvalue weighted by Gasteiger charge is 2.29. The van der Waals surface area contributed by atoms with Gasteiger partial charge in [-0.15, -0.1) is 11.8 Å². The molecule has 1 aliphatic rings. The summed E-state index contributed by atoms with van der Waals surface area (Å²) in [5.74, 6) is -0.787. The van der Waals surface area contributed by atoms with E-state index in [1.165, 1.54) is 23.9 Å². The van der Waals surface area contributed by atoms with Gasteiger partial charge >= 0.3 is 11.9 Å². The second-order valence-electron chi connectivity index (χ2n) is 14.1. The van der Waals surface area contributed by atoms with Gasteiger partial charge in [-0.3, -0.25) is 9.36 Å². The first-order chi connectivity index (χ1) is 28.5. The minimum absolute atomic E-state index is 0.0224. The largest absolute Gasteiger partial charge is 0.493 e. The summed E-state index contributed by atoms with van der Waals surface area (Å²) in [6, 6.07) is 20.8. The fourth-order valence-corrected chi connectivity index (χ4v) is 9.10. The summed E-state index contributed by atoms with van der Waals surface area (Å²) in [5, 5.41) is 32.4. The maximum absolute atomic E-state index is 14.5. The molecule has 0 saturated heterocycles. The highest BCUT2D eigenvalue weighted by molar-refractivity contribution is 9.10. The van der Waals surface area contributed by atoms with Crippen LogP contribution >= 0.6 is 39.3 Å². The molecule has 4 aromatic carbocycles. The quantitative estimate of drug-likeness (QED) is 0.0617. The third kappa shape index (κ3) is 8.22. The van der Waals surface area contributed by atoms with Gasteiger partial charge in [-0.2, -0.15) is 10.2 Å². The number of carbonyl (C=O) groups is 2. The van der Waals surface area contributed by atoms with E-state index in [1.807, 2.05) is 36.0 Å². The van der Waals surface area contributed by atoms with Gasteiger partial charge in [0.1, 0.15) is 29.6 Å². The Bertz CT molecular complexity index is 2750. The van der Waals surface area contributed by atoms with Crippen LogP contribution in [0, 0.1) is 12.7 Å². The summed E-state index contributed by atoms with van der Waals surface area (Å²) >= 11 is 11.8. The lowest BCUT2D eigenvalue weighted by Gasteiger charge is -2.17. The van der Waals surface area contributed by atoms with Crippen molar-refractivity contribution in [2.75, 3.05) is 13.2 Å². The van der Waals surface area contributed by atoms with Crippen LogP contribution in [0.15, 0.2) is 82.2 Å². The molecule has 1 aliphatic heterocycles. The predicted molar refractivity (Wildman–Crippen MR) is 225 cm³/mol. The van der Waals surface area contributed by atoms with Crippen LogP contribution in [0.5, 0.6) is 5.75 Å². The van der Waals surface area contributed by atoms with Crippen molar-refractivity contribution in [3.63, 3.8) is 0 Å². The second kappa shape index (κ2) is 17.2. The number of fused-ring (bicyclic) bond motifs is 3. The van der Waals surface area contributed by atoms with Crippen LogP contribution < -0.4 is 4.74 Å². The predicted octanol–water partition coefficient (Wildman–Crippen LogP) is 9.09. The number of carbonyl (C=O) groups excluding carboxylic acids is 1. The molecule has 7 aromatic rings. The van der Waals surface area contributed by atoms with Gasteiger partial charge in [-0.25, -0.2) is 14.0 Å². The summed E-state index contributed by atoms with van der Waals surface area (Å²) < 4.78 is 38.3. The molecule has 0 radical (unpaired) electrons. The summed E-state index contributed by atoms with van der Waals surface area (Å²) in [7, 11) is 1.83. The van der Waals surface area contributed by atoms with Gasteiger partial charge in [0.2, 0.25) is 0 Å². The minimum atomic E-state index is -1.08. The van der Waals surface area contributed by atoms with E-state index in [4.69, 9.17) is 25.8 Å². The normalized spacial score (nSPS) is 12.6. The molecule has 0 fully saturated rings. The van der Waals surface area contributed by atoms with Crippen LogP contribution in [0.3, 0.4) is 0 Å². The number of halogens is 3. The molecule has 0 atom stereocenters. The number of benzene rings is 4. The number of nitrogens with zero attached hydrogens (tertiary/aromatic N) is 5. The Morgan fingerprint density at radius 3 is 2.64 bits per heavy atom. The smallest absolute Gasteiger partial charge is 0.352 e. The van der Waals surface area contributed by atoms with Crippen LogP contribution in [0.1, 0.15) is 55.6 Å². The fourth-order valence-electron chi connectivity index (χ4n) is 7.60. The first-order valence-electron chi connectivity index (χ1n) is 18.8. The number of aryl methyl sites for hydroxylation is 3. The molecule has 0 amide bonds. The molecule has 12 nitrogen and oxygen atoms in total. The monoisotopic (exact) mass is 901 g/mol. The molecule has 0 spiro atoms. The zero-order valence-corrected chi connectivity index (χ0v) is 35.2. The number of carboxylic acids is 1. The fraction of sp³-hybridized carbons (Fsp3) is 0.256. The van der Waals surface area contributed by atoms with E-state index in [2.05, 4.69) is 26.1 Å². The zero-order chi connectivity index (χ0) is 41.4. The Morgan fingerprint density at radius 2 is 1.86 bits per heavy atom. The number of aliphatic hydroxyl groups excluding tert-OH is 1. The van der Waals surface area contributed by atoms with Crippen molar-refractivity contribution in [3.05, 3.63) is 128 Å². The molecule has 304 valence electrons. The molecular formula is C43H38BrClFN5O7S. The molecule has 0 saturated carbocycles. The maximum Gasteiger partial charge on any atom is 0.352 e. The Kier molecular flexibility index (Phi) is 11.8. The van der Waals surface area contributed by atoms with E-state index in [0.717, 1.165) is 26.1 Å². The number of ether oxygens (including phenoxy) is 3. The van der Waals surface area contributed by atoms with Crippen molar-refractivity contribution in [2.45, 2.75) is 56.9 Å². The minimum Gasteiger partial charge on any atom is -0.493 e. The highest BCUT2D eigenvalue weighted by Crippen LogP contribution is 2.43. The lowest BCUT2D eigenvalue weighted by molar-refractivity contribution is 0.0466. The first kappa shape index (κ1) is 40.6. The molecule has 59 heavy (non-hydrogen) atoms. The topological polar surface area (TPSA) is 143 Å². The molecule has 4 heterocycles. The summed E-state index contributed by atoms with van der Waals surface area (Å²) in [5.41, 5.74) is 5.82. The maximum atomic E-state index is 14.5. The van der Waals surface area contributed by atoms with Crippen molar-refractivity contribution in [1.29, 1.82) is 0 Å². The number of carboxylic acid groups (broad SMARTS) is 1. The van der Waals surface area contributed by atoms with E-state index in [1.54, 1.807) is 52.6 Å². The molecule has 2 N–H and O–H groups in total. The van der Waals surface area contributed by atoms with Gasteiger partial charge in [-0.05, 0) is 97.1 Å². The van der Waals surface area contributed by atoms with Gasteiger partial charge in [0.25, 0.3) is 0 Å². The van der Waals surface area contributed by atoms with Crippen LogP contribution in [-0.4, -0.2) is 59.5 Å². The lowest BCUT2D eigenvalue weighted by atomic mass is 9.96. The number of aromatic nitrogens is 5. The van der Waals surface area contributed by atoms with Crippen molar-refractivity contribution < 1.29 is 38.4 Å². The molecule has 8 rings (SSSR count). The number of thioether (sulfide) groups is 1. The molecule has 0 unspecified atom stereocenters. The number of hydrogen-bond acceptors (Lipinski definition) is 9. The molecule has 0 bridgehead atoms. The number of aromatic carboxylic acids is 1. The molecule has 0 aliphatic carbocycles. The average Bonchev–Trinajstić information content (AvgIpc) is 3.87. The van der Waals surface area contributed by atoms with Crippen molar-refractivity contribution >= 4 is 72.9 Å². The SMILES string of the molecule is Cc1c(C(=O)O)n(CCCOc2cc(SCc3cc(COC(=O)c4ccc(Br)cc4)nn3C)cc3cc(F)ccc23)c2ccc(Cl)c(-c3c(CO)nn4c3COCC4)c12. The second-order valence-corrected chi connectivity index (χ2v) is 16.4. The Hall–Kier alpha value is -5.19. The van der Waals surface area contributed by atoms with Crippen molar-refractivity contribution in [2.24, 2.45) is 7.05 Å². The van der Waals surface area contributed by atoms with Crippen LogP contribution in [0.2, 0.25) is 5.02 Å². The van der Waals surface area contributed by atoms with Crippen molar-refractivity contribution in [3.8, 4) is 16.9 Å². The Balaban J connectivity index is 0.997. The molecule has 16 heteroatoms. The van der Waals surface area contributed by atoms with Crippen molar-refractivity contribution in [1.82, 2.24) is 24.1 Å². The number of aliphatic hydroxyl groups is 1. The van der Waals surface area contributed by atoms with Gasteiger partial charge in [0.05, 0.1) is 49.9 Å². The van der Waals surface area contributed by atoms with Crippen LogP contribution in [-0.2, 0) is 55.2 Å². The third-order valence-electron chi connectivity index (χ3n) is 10.3.